The van der Waals surface area contributed by atoms with Crippen LogP contribution in [0.15, 0.2) is 18.3 Å². The van der Waals surface area contributed by atoms with E-state index in [1.807, 2.05) is 4.90 Å². The number of aromatic nitrogens is 1. The average molecular weight is 329 g/mol. The number of methoxy groups -OCH3 is 1. The fourth-order valence-electron chi connectivity index (χ4n) is 2.14. The molecule has 0 fully saturated rings. The topological polar surface area (TPSA) is 42.4 Å². The Labute approximate surface area is 123 Å². The van der Waals surface area contributed by atoms with Gasteiger partial charge in [0.1, 0.15) is 5.56 Å². The minimum Gasteiger partial charge on any atom is -0.480 e. The summed E-state index contributed by atoms with van der Waals surface area (Å²) in [6, 6.07) is 3.77. The van der Waals surface area contributed by atoms with Crippen molar-refractivity contribution < 1.29 is 9.53 Å². The number of hydrogen-bond acceptors (Lipinski definition) is 3. The van der Waals surface area contributed by atoms with Gasteiger partial charge in [0.15, 0.2) is 0 Å². The highest BCUT2D eigenvalue weighted by Crippen LogP contribution is 2.19. The maximum atomic E-state index is 12.7. The molecule has 4 nitrogen and oxygen atoms in total. The average Bonchev–Trinajstić information content (AvgIpc) is 2.46. The highest BCUT2D eigenvalue weighted by Gasteiger charge is 2.24. The van der Waals surface area contributed by atoms with Gasteiger partial charge in [-0.25, -0.2) is 4.98 Å². The van der Waals surface area contributed by atoms with Crippen LogP contribution in [0.5, 0.6) is 5.88 Å². The van der Waals surface area contributed by atoms with Gasteiger partial charge in [-0.05, 0) is 25.0 Å². The largest absolute Gasteiger partial charge is 0.480 e. The summed E-state index contributed by atoms with van der Waals surface area (Å²) in [6.07, 6.45) is 3.51. The highest BCUT2D eigenvalue weighted by atomic mass is 79.9. The summed E-state index contributed by atoms with van der Waals surface area (Å²) < 4.78 is 5.17. The van der Waals surface area contributed by atoms with E-state index in [0.717, 1.165) is 18.2 Å². The lowest BCUT2D eigenvalue weighted by Crippen LogP contribution is -2.41. The maximum Gasteiger partial charge on any atom is 0.259 e. The van der Waals surface area contributed by atoms with Crippen molar-refractivity contribution in [3.63, 3.8) is 0 Å². The molecule has 0 atom stereocenters. The van der Waals surface area contributed by atoms with Gasteiger partial charge in [-0.2, -0.15) is 0 Å². The van der Waals surface area contributed by atoms with E-state index in [4.69, 9.17) is 4.74 Å². The van der Waals surface area contributed by atoms with Gasteiger partial charge in [-0.15, -0.1) is 0 Å². The van der Waals surface area contributed by atoms with Crippen LogP contribution in [0.3, 0.4) is 0 Å². The third kappa shape index (κ3) is 3.93. The standard InChI is InChI=1S/C14H21BrN2O2/c1-4-11(5-2)17(10-8-15)14(18)12-7-6-9-16-13(12)19-3/h6-7,9,11H,4-5,8,10H2,1-3H3. The van der Waals surface area contributed by atoms with E-state index in [1.165, 1.54) is 7.11 Å². The van der Waals surface area contributed by atoms with Gasteiger partial charge >= 0.3 is 0 Å². The predicted molar refractivity (Wildman–Crippen MR) is 80.0 cm³/mol. The molecule has 0 aliphatic carbocycles. The molecule has 0 aliphatic heterocycles. The second-order valence-electron chi connectivity index (χ2n) is 4.22. The van der Waals surface area contributed by atoms with Crippen LogP contribution >= 0.6 is 15.9 Å². The Morgan fingerprint density at radius 1 is 1.47 bits per heavy atom. The van der Waals surface area contributed by atoms with Crippen molar-refractivity contribution in [3.05, 3.63) is 23.9 Å². The van der Waals surface area contributed by atoms with Crippen molar-refractivity contribution in [2.45, 2.75) is 32.7 Å². The lowest BCUT2D eigenvalue weighted by atomic mass is 10.1. The quantitative estimate of drug-likeness (QED) is 0.722. The number of carbonyl (C=O) groups excluding carboxylic acids is 1. The number of ether oxygens (including phenoxy) is 1. The molecule has 0 aliphatic rings. The Morgan fingerprint density at radius 3 is 2.68 bits per heavy atom. The van der Waals surface area contributed by atoms with Crippen LogP contribution in [0.25, 0.3) is 0 Å². The number of nitrogens with zero attached hydrogens (tertiary/aromatic N) is 2. The summed E-state index contributed by atoms with van der Waals surface area (Å²) in [6.45, 7) is 4.88. The molecule has 1 rings (SSSR count). The molecule has 0 saturated heterocycles. The van der Waals surface area contributed by atoms with E-state index in [0.29, 0.717) is 18.0 Å². The molecule has 1 aromatic rings. The fourth-order valence-corrected chi connectivity index (χ4v) is 2.52. The predicted octanol–water partition coefficient (Wildman–Crippen LogP) is 3.12. The van der Waals surface area contributed by atoms with Crippen molar-refractivity contribution >= 4 is 21.8 Å². The van der Waals surface area contributed by atoms with Gasteiger partial charge in [0.2, 0.25) is 5.88 Å². The summed E-state index contributed by atoms with van der Waals surface area (Å²) in [7, 11) is 1.53. The van der Waals surface area contributed by atoms with Gasteiger partial charge in [0, 0.05) is 24.1 Å². The van der Waals surface area contributed by atoms with Crippen molar-refractivity contribution in [3.8, 4) is 5.88 Å². The van der Waals surface area contributed by atoms with Crippen LogP contribution < -0.4 is 4.74 Å². The monoisotopic (exact) mass is 328 g/mol. The molecule has 0 radical (unpaired) electrons. The van der Waals surface area contributed by atoms with Crippen molar-refractivity contribution in [1.82, 2.24) is 9.88 Å². The summed E-state index contributed by atoms with van der Waals surface area (Å²) >= 11 is 3.41. The molecule has 1 heterocycles. The molecule has 1 aromatic heterocycles. The molecule has 0 spiro atoms. The van der Waals surface area contributed by atoms with Gasteiger partial charge in [-0.1, -0.05) is 29.8 Å². The molecule has 1 amide bonds. The first-order chi connectivity index (χ1) is 9.19. The zero-order valence-electron chi connectivity index (χ0n) is 11.7. The first-order valence-electron chi connectivity index (χ1n) is 6.55. The van der Waals surface area contributed by atoms with Gasteiger partial charge in [0.05, 0.1) is 7.11 Å². The van der Waals surface area contributed by atoms with E-state index in [9.17, 15) is 4.79 Å². The number of carbonyl (C=O) groups is 1. The number of halogens is 1. The first kappa shape index (κ1) is 16.0. The zero-order chi connectivity index (χ0) is 14.3. The Hall–Kier alpha value is -1.10. The normalized spacial score (nSPS) is 10.6. The molecule has 0 bridgehead atoms. The van der Waals surface area contributed by atoms with E-state index in [1.54, 1.807) is 18.3 Å². The van der Waals surface area contributed by atoms with Crippen molar-refractivity contribution in [2.24, 2.45) is 0 Å². The Bertz CT molecular complexity index is 408. The van der Waals surface area contributed by atoms with Crippen LogP contribution in [0.4, 0.5) is 0 Å². The lowest BCUT2D eigenvalue weighted by Gasteiger charge is -2.30. The van der Waals surface area contributed by atoms with Gasteiger partial charge < -0.3 is 9.64 Å². The second-order valence-corrected chi connectivity index (χ2v) is 5.01. The number of amides is 1. The minimum atomic E-state index is -0.0156. The maximum absolute atomic E-state index is 12.7. The zero-order valence-corrected chi connectivity index (χ0v) is 13.3. The highest BCUT2D eigenvalue weighted by molar-refractivity contribution is 9.09. The molecular weight excluding hydrogens is 308 g/mol. The molecule has 0 saturated carbocycles. The minimum absolute atomic E-state index is 0.0156. The summed E-state index contributed by atoms with van der Waals surface area (Å²) in [4.78, 5) is 18.6. The van der Waals surface area contributed by atoms with E-state index in [-0.39, 0.29) is 11.9 Å². The third-order valence-electron chi connectivity index (χ3n) is 3.16. The first-order valence-corrected chi connectivity index (χ1v) is 7.67. The molecular formula is C14H21BrN2O2. The second kappa shape index (κ2) is 8.15. The molecule has 0 aromatic carbocycles. The number of hydrogen-bond donors (Lipinski definition) is 0. The van der Waals surface area contributed by atoms with E-state index >= 15 is 0 Å². The molecule has 0 N–H and O–H groups in total. The number of rotatable bonds is 7. The van der Waals surface area contributed by atoms with Crippen LogP contribution in [0.2, 0.25) is 0 Å². The summed E-state index contributed by atoms with van der Waals surface area (Å²) in [5, 5.41) is 0.762. The Morgan fingerprint density at radius 2 is 2.16 bits per heavy atom. The number of pyridine rings is 1. The van der Waals surface area contributed by atoms with E-state index in [2.05, 4.69) is 34.8 Å². The van der Waals surface area contributed by atoms with Crippen LogP contribution in [-0.2, 0) is 0 Å². The molecule has 19 heavy (non-hydrogen) atoms. The van der Waals surface area contributed by atoms with E-state index < -0.39 is 0 Å². The SMILES string of the molecule is CCC(CC)N(CCBr)C(=O)c1cccnc1OC. The van der Waals surface area contributed by atoms with Crippen LogP contribution in [-0.4, -0.2) is 40.8 Å². The molecule has 5 heteroatoms. The third-order valence-corrected chi connectivity index (χ3v) is 3.52. The van der Waals surface area contributed by atoms with Gasteiger partial charge in [0.25, 0.3) is 5.91 Å². The molecule has 0 unspecified atom stereocenters. The van der Waals surface area contributed by atoms with Crippen LogP contribution in [0, 0.1) is 0 Å². The van der Waals surface area contributed by atoms with Crippen molar-refractivity contribution in [2.75, 3.05) is 19.0 Å². The number of alkyl halides is 1. The van der Waals surface area contributed by atoms with Crippen molar-refractivity contribution in [1.29, 1.82) is 0 Å². The summed E-state index contributed by atoms with van der Waals surface area (Å²) in [5.41, 5.74) is 0.526. The lowest BCUT2D eigenvalue weighted by molar-refractivity contribution is 0.0678. The Balaban J connectivity index is 3.04. The van der Waals surface area contributed by atoms with Crippen LogP contribution in [0.1, 0.15) is 37.0 Å². The molecule has 106 valence electrons. The fraction of sp³-hybridized carbons (Fsp3) is 0.571. The smallest absolute Gasteiger partial charge is 0.259 e. The van der Waals surface area contributed by atoms with Gasteiger partial charge in [-0.3, -0.25) is 4.79 Å². The Kier molecular flexibility index (Phi) is 6.84. The summed E-state index contributed by atoms with van der Waals surface area (Å²) in [5.74, 6) is 0.371.